The molecule has 0 heterocycles. The van der Waals surface area contributed by atoms with Gasteiger partial charge in [0.2, 0.25) is 0 Å². The molecule has 0 saturated carbocycles. The van der Waals surface area contributed by atoms with E-state index < -0.39 is 18.4 Å². The van der Waals surface area contributed by atoms with E-state index in [1.54, 1.807) is 0 Å². The van der Waals surface area contributed by atoms with Crippen LogP contribution < -0.4 is 5.73 Å². The van der Waals surface area contributed by atoms with Crippen molar-refractivity contribution in [2.24, 2.45) is 0 Å². The van der Waals surface area contributed by atoms with Crippen molar-refractivity contribution >= 4 is 24.1 Å². The van der Waals surface area contributed by atoms with Crippen LogP contribution in [0.15, 0.2) is 24.3 Å². The van der Waals surface area contributed by atoms with Gasteiger partial charge in [0.1, 0.15) is 0 Å². The molecule has 0 unspecified atom stereocenters. The molecule has 0 bridgehead atoms. The number of unbranched alkanes of at least 4 members (excludes halogenated alkanes) is 3. The Bertz CT molecular complexity index is 445. The molecule has 2 heteroatoms. The zero-order valence-electron chi connectivity index (χ0n) is 14.8. The minimum absolute atomic E-state index is 0.822. The van der Waals surface area contributed by atoms with Gasteiger partial charge in [0.25, 0.3) is 0 Å². The van der Waals surface area contributed by atoms with Gasteiger partial charge in [0.15, 0.2) is 0 Å². The Balaban J connectivity index is 2.96. The topological polar surface area (TPSA) is 26.0 Å². The van der Waals surface area contributed by atoms with E-state index in [0.717, 1.165) is 11.3 Å². The van der Waals surface area contributed by atoms with Gasteiger partial charge in [0, 0.05) is 0 Å². The van der Waals surface area contributed by atoms with Crippen LogP contribution in [-0.4, -0.2) is 18.4 Å². The fourth-order valence-corrected chi connectivity index (χ4v) is 16.1. The first-order valence-electron chi connectivity index (χ1n) is 9.04. The van der Waals surface area contributed by atoms with Crippen LogP contribution in [0.5, 0.6) is 0 Å². The first-order chi connectivity index (χ1) is 10.7. The second-order valence-electron chi connectivity index (χ2n) is 6.46. The van der Waals surface area contributed by atoms with E-state index in [0.29, 0.717) is 0 Å². The second kappa shape index (κ2) is 11.0. The molecule has 0 spiro atoms. The zero-order valence-corrected chi connectivity index (χ0v) is 17.6. The van der Waals surface area contributed by atoms with Crippen LogP contribution in [-0.2, 0) is 0 Å². The summed E-state index contributed by atoms with van der Waals surface area (Å²) in [7, 11) is 0. The third-order valence-electron chi connectivity index (χ3n) is 4.41. The van der Waals surface area contributed by atoms with Crippen LogP contribution in [0, 0.1) is 9.86 Å². The van der Waals surface area contributed by atoms with Gasteiger partial charge in [-0.2, -0.15) is 0 Å². The van der Waals surface area contributed by atoms with Crippen LogP contribution in [0.25, 0.3) is 0 Å². The average Bonchev–Trinajstić information content (AvgIpc) is 2.55. The Labute approximate surface area is 141 Å². The molecule has 0 fully saturated rings. The molecule has 22 heavy (non-hydrogen) atoms. The number of anilines is 1. The van der Waals surface area contributed by atoms with E-state index in [-0.39, 0.29) is 0 Å². The van der Waals surface area contributed by atoms with Crippen LogP contribution in [0.4, 0.5) is 5.69 Å². The van der Waals surface area contributed by atoms with Gasteiger partial charge in [-0.3, -0.25) is 0 Å². The molecule has 0 saturated heterocycles. The van der Waals surface area contributed by atoms with Gasteiger partial charge >= 0.3 is 142 Å². The van der Waals surface area contributed by atoms with Crippen LogP contribution in [0.3, 0.4) is 0 Å². The summed E-state index contributed by atoms with van der Waals surface area (Å²) in [4.78, 5) is 0. The molecular weight excluding hydrogens is 373 g/mol. The summed E-state index contributed by atoms with van der Waals surface area (Å²) in [6, 6.07) is 8.06. The van der Waals surface area contributed by atoms with Crippen molar-refractivity contribution in [1.82, 2.24) is 0 Å². The molecule has 0 aliphatic heterocycles. The summed E-state index contributed by atoms with van der Waals surface area (Å²) in [5.74, 6) is 3.53. The second-order valence-corrected chi connectivity index (χ2v) is 18.8. The quantitative estimate of drug-likeness (QED) is 0.304. The predicted octanol–water partition coefficient (Wildman–Crippen LogP) is 6.01. The summed E-state index contributed by atoms with van der Waals surface area (Å²) in [6.45, 7) is 6.93. The Morgan fingerprint density at radius 3 is 1.68 bits per heavy atom. The van der Waals surface area contributed by atoms with E-state index in [1.807, 2.05) is 12.1 Å². The normalized spacial score (nSPS) is 11.0. The first kappa shape index (κ1) is 19.4. The number of nitrogen functional groups attached to an aromatic ring is 1. The van der Waals surface area contributed by atoms with Crippen molar-refractivity contribution < 1.29 is 0 Å². The van der Waals surface area contributed by atoms with Crippen molar-refractivity contribution in [2.45, 2.75) is 72.6 Å². The van der Waals surface area contributed by atoms with Crippen molar-refractivity contribution in [2.75, 3.05) is 5.73 Å². The Hall–Kier alpha value is -0.621. The van der Waals surface area contributed by atoms with Crippen molar-refractivity contribution in [1.29, 1.82) is 0 Å². The molecule has 0 amide bonds. The van der Waals surface area contributed by atoms with E-state index in [2.05, 4.69) is 42.8 Å². The third kappa shape index (κ3) is 7.09. The Morgan fingerprint density at radius 2 is 1.27 bits per heavy atom. The minimum atomic E-state index is -2.30. The van der Waals surface area contributed by atoms with Gasteiger partial charge in [-0.05, 0) is 0 Å². The predicted molar refractivity (Wildman–Crippen MR) is 103 cm³/mol. The third-order valence-corrected chi connectivity index (χ3v) is 17.5. The molecule has 2 N–H and O–H groups in total. The summed E-state index contributed by atoms with van der Waals surface area (Å²) >= 11 is -2.30. The van der Waals surface area contributed by atoms with E-state index in [9.17, 15) is 0 Å². The van der Waals surface area contributed by atoms with E-state index >= 15 is 0 Å². The molecule has 0 radical (unpaired) electrons. The van der Waals surface area contributed by atoms with E-state index in [1.165, 1.54) is 51.8 Å². The van der Waals surface area contributed by atoms with Crippen molar-refractivity contribution in [3.63, 3.8) is 0 Å². The number of hydrogen-bond donors (Lipinski definition) is 1. The standard InChI is InChI=1S/C8H6N.3C4H9.Sn/c1-2-7-3-5-8(9)6-4-7;3*1-3-4-2;/h3-6H,9H2;3*1,3-4H2,2H3;. The van der Waals surface area contributed by atoms with Gasteiger partial charge in [-0.25, -0.2) is 0 Å². The molecule has 1 aromatic rings. The van der Waals surface area contributed by atoms with Crippen molar-refractivity contribution in [3.05, 3.63) is 29.8 Å². The Morgan fingerprint density at radius 1 is 0.818 bits per heavy atom. The van der Waals surface area contributed by atoms with Crippen LogP contribution in [0.2, 0.25) is 13.3 Å². The molecule has 0 aliphatic rings. The maximum absolute atomic E-state index is 5.77. The summed E-state index contributed by atoms with van der Waals surface area (Å²) in [5.41, 5.74) is 7.73. The fraction of sp³-hybridized carbons (Fsp3) is 0.600. The SMILES string of the molecule is CCC[CH2][Sn]([C]#Cc1ccc(N)cc1)([CH2]CCC)[CH2]CCC. The molecule has 0 aromatic heterocycles. The number of benzene rings is 1. The molecule has 0 atom stereocenters. The fourth-order valence-electron chi connectivity index (χ4n) is 2.88. The van der Waals surface area contributed by atoms with Crippen molar-refractivity contribution in [3.8, 4) is 9.86 Å². The molecule has 122 valence electrons. The number of rotatable bonds is 9. The number of hydrogen-bond acceptors (Lipinski definition) is 1. The maximum atomic E-state index is 5.77. The van der Waals surface area contributed by atoms with Crippen LogP contribution in [0.1, 0.15) is 64.9 Å². The average molecular weight is 406 g/mol. The van der Waals surface area contributed by atoms with Gasteiger partial charge < -0.3 is 0 Å². The molecule has 1 aromatic carbocycles. The number of nitrogens with two attached hydrogens (primary N) is 1. The summed E-state index contributed by atoms with van der Waals surface area (Å²) in [5, 5.41) is 0. The molecule has 1 rings (SSSR count). The first-order valence-corrected chi connectivity index (χ1v) is 16.5. The molecular formula is C20H33NSn. The summed E-state index contributed by atoms with van der Waals surface area (Å²) < 4.78 is 8.25. The molecule has 1 nitrogen and oxygen atoms in total. The molecule has 0 aliphatic carbocycles. The van der Waals surface area contributed by atoms with Gasteiger partial charge in [-0.15, -0.1) is 0 Å². The van der Waals surface area contributed by atoms with Gasteiger partial charge in [0.05, 0.1) is 0 Å². The van der Waals surface area contributed by atoms with E-state index in [4.69, 9.17) is 5.73 Å². The monoisotopic (exact) mass is 407 g/mol. The zero-order chi connectivity index (χ0) is 16.3. The summed E-state index contributed by atoms with van der Waals surface area (Å²) in [6.07, 6.45) is 8.04. The van der Waals surface area contributed by atoms with Gasteiger partial charge in [-0.1, -0.05) is 0 Å². The van der Waals surface area contributed by atoms with Crippen LogP contribution >= 0.6 is 0 Å². The Kier molecular flexibility index (Phi) is 9.71.